The van der Waals surface area contributed by atoms with Crippen LogP contribution in [0.4, 0.5) is 4.39 Å². The first-order chi connectivity index (χ1) is 10.1. The number of nitrogens with zero attached hydrogens (tertiary/aromatic N) is 1. The first-order valence-electron chi connectivity index (χ1n) is 6.78. The lowest BCUT2D eigenvalue weighted by Gasteiger charge is -2.03. The predicted octanol–water partition coefficient (Wildman–Crippen LogP) is 3.30. The molecular formula is C17H17FN2O. The number of rotatable bonds is 5. The van der Waals surface area contributed by atoms with Gasteiger partial charge in [0.2, 0.25) is 5.91 Å². The number of hydrazone groups is 1. The van der Waals surface area contributed by atoms with Crippen molar-refractivity contribution in [3.05, 3.63) is 71.5 Å². The van der Waals surface area contributed by atoms with Gasteiger partial charge in [0.15, 0.2) is 0 Å². The Balaban J connectivity index is 1.85. The summed E-state index contributed by atoms with van der Waals surface area (Å²) >= 11 is 0. The highest BCUT2D eigenvalue weighted by molar-refractivity contribution is 5.99. The molecule has 108 valence electrons. The molecule has 0 unspecified atom stereocenters. The average molecular weight is 284 g/mol. The molecule has 0 aliphatic carbocycles. The van der Waals surface area contributed by atoms with Crippen molar-refractivity contribution in [2.45, 2.75) is 19.8 Å². The Morgan fingerprint density at radius 1 is 1.10 bits per heavy atom. The number of hydrogen-bond donors (Lipinski definition) is 1. The molecule has 4 heteroatoms. The molecule has 0 fully saturated rings. The topological polar surface area (TPSA) is 41.5 Å². The minimum atomic E-state index is -0.293. The fourth-order valence-corrected chi connectivity index (χ4v) is 1.86. The summed E-state index contributed by atoms with van der Waals surface area (Å²) in [6, 6.07) is 15.8. The summed E-state index contributed by atoms with van der Waals surface area (Å²) in [5.74, 6) is -0.432. The summed E-state index contributed by atoms with van der Waals surface area (Å²) in [4.78, 5) is 11.7. The fraction of sp³-hybridized carbons (Fsp3) is 0.176. The number of hydrogen-bond acceptors (Lipinski definition) is 2. The molecule has 0 spiro atoms. The molecule has 0 bridgehead atoms. The van der Waals surface area contributed by atoms with Crippen molar-refractivity contribution in [2.24, 2.45) is 5.10 Å². The fourth-order valence-electron chi connectivity index (χ4n) is 1.86. The van der Waals surface area contributed by atoms with Gasteiger partial charge in [0.1, 0.15) is 5.82 Å². The Bertz CT molecular complexity index is 621. The number of nitrogens with one attached hydrogen (secondary N) is 1. The van der Waals surface area contributed by atoms with Crippen LogP contribution in [0.15, 0.2) is 59.7 Å². The zero-order valence-electron chi connectivity index (χ0n) is 11.8. The van der Waals surface area contributed by atoms with Crippen molar-refractivity contribution in [3.8, 4) is 0 Å². The van der Waals surface area contributed by atoms with Gasteiger partial charge in [-0.25, -0.2) is 9.82 Å². The zero-order chi connectivity index (χ0) is 15.1. The van der Waals surface area contributed by atoms with Gasteiger partial charge in [0, 0.05) is 6.42 Å². The molecule has 2 rings (SSSR count). The van der Waals surface area contributed by atoms with E-state index in [1.54, 1.807) is 19.1 Å². The molecule has 0 saturated carbocycles. The zero-order valence-corrected chi connectivity index (χ0v) is 11.8. The number of carbonyl (C=O) groups excluding carboxylic acids is 1. The van der Waals surface area contributed by atoms with Gasteiger partial charge in [-0.1, -0.05) is 42.5 Å². The standard InChI is InChI=1S/C17H17FN2O/c1-13(15-8-10-16(18)11-9-15)19-20-17(21)12-7-14-5-3-2-4-6-14/h2-6,8-11H,7,12H2,1H3,(H,20,21)/b19-13+. The Morgan fingerprint density at radius 3 is 2.43 bits per heavy atom. The molecule has 1 N–H and O–H groups in total. The van der Waals surface area contributed by atoms with E-state index in [1.165, 1.54) is 12.1 Å². The normalized spacial score (nSPS) is 11.2. The first-order valence-corrected chi connectivity index (χ1v) is 6.78. The summed E-state index contributed by atoms with van der Waals surface area (Å²) in [6.45, 7) is 1.77. The summed E-state index contributed by atoms with van der Waals surface area (Å²) in [7, 11) is 0. The van der Waals surface area contributed by atoms with Crippen LogP contribution in [0.5, 0.6) is 0 Å². The number of amides is 1. The Labute approximate surface area is 123 Å². The summed E-state index contributed by atoms with van der Waals surface area (Å²) in [6.07, 6.45) is 1.06. The van der Waals surface area contributed by atoms with Crippen molar-refractivity contribution >= 4 is 11.6 Å². The lowest BCUT2D eigenvalue weighted by Crippen LogP contribution is -2.19. The van der Waals surface area contributed by atoms with Gasteiger partial charge in [-0.05, 0) is 36.6 Å². The Morgan fingerprint density at radius 2 is 1.76 bits per heavy atom. The lowest BCUT2D eigenvalue weighted by atomic mass is 10.1. The molecule has 2 aromatic rings. The molecule has 21 heavy (non-hydrogen) atoms. The summed E-state index contributed by atoms with van der Waals surface area (Å²) in [5.41, 5.74) is 5.06. The molecule has 0 atom stereocenters. The van der Waals surface area contributed by atoms with Crippen molar-refractivity contribution in [3.63, 3.8) is 0 Å². The van der Waals surface area contributed by atoms with Gasteiger partial charge in [0.25, 0.3) is 0 Å². The molecular weight excluding hydrogens is 267 g/mol. The largest absolute Gasteiger partial charge is 0.273 e. The van der Waals surface area contributed by atoms with Crippen molar-refractivity contribution in [1.29, 1.82) is 0 Å². The van der Waals surface area contributed by atoms with E-state index >= 15 is 0 Å². The van der Waals surface area contributed by atoms with E-state index < -0.39 is 0 Å². The van der Waals surface area contributed by atoms with E-state index in [-0.39, 0.29) is 11.7 Å². The van der Waals surface area contributed by atoms with E-state index in [9.17, 15) is 9.18 Å². The lowest BCUT2D eigenvalue weighted by molar-refractivity contribution is -0.121. The van der Waals surface area contributed by atoms with E-state index in [0.717, 1.165) is 11.1 Å². The second kappa shape index (κ2) is 7.33. The van der Waals surface area contributed by atoms with E-state index in [1.807, 2.05) is 30.3 Å². The minimum Gasteiger partial charge on any atom is -0.273 e. The molecule has 0 saturated heterocycles. The third-order valence-electron chi connectivity index (χ3n) is 3.09. The van der Waals surface area contributed by atoms with E-state index in [4.69, 9.17) is 0 Å². The maximum absolute atomic E-state index is 12.8. The van der Waals surface area contributed by atoms with Gasteiger partial charge in [-0.3, -0.25) is 4.79 Å². The summed E-state index contributed by atoms with van der Waals surface area (Å²) in [5, 5.41) is 4.03. The van der Waals surface area contributed by atoms with Crippen LogP contribution >= 0.6 is 0 Å². The molecule has 0 heterocycles. The van der Waals surface area contributed by atoms with E-state index in [2.05, 4.69) is 10.5 Å². The van der Waals surface area contributed by atoms with Crippen molar-refractivity contribution in [1.82, 2.24) is 5.43 Å². The number of benzene rings is 2. The quantitative estimate of drug-likeness (QED) is 0.664. The number of halogens is 1. The summed E-state index contributed by atoms with van der Waals surface area (Å²) < 4.78 is 12.8. The average Bonchev–Trinajstić information content (AvgIpc) is 2.52. The van der Waals surface area contributed by atoms with Crippen LogP contribution in [0.25, 0.3) is 0 Å². The van der Waals surface area contributed by atoms with Crippen molar-refractivity contribution < 1.29 is 9.18 Å². The third kappa shape index (κ3) is 4.84. The van der Waals surface area contributed by atoms with Crippen LogP contribution in [0.3, 0.4) is 0 Å². The molecule has 2 aromatic carbocycles. The first kappa shape index (κ1) is 14.9. The molecule has 3 nitrogen and oxygen atoms in total. The van der Waals surface area contributed by atoms with Gasteiger partial charge in [-0.2, -0.15) is 5.10 Å². The number of carbonyl (C=O) groups is 1. The molecule has 0 aromatic heterocycles. The smallest absolute Gasteiger partial charge is 0.240 e. The molecule has 0 aliphatic rings. The predicted molar refractivity (Wildman–Crippen MR) is 81.5 cm³/mol. The van der Waals surface area contributed by atoms with Crippen molar-refractivity contribution in [2.75, 3.05) is 0 Å². The monoisotopic (exact) mass is 284 g/mol. The highest BCUT2D eigenvalue weighted by atomic mass is 19.1. The minimum absolute atomic E-state index is 0.139. The van der Waals surface area contributed by atoms with Crippen LogP contribution in [-0.2, 0) is 11.2 Å². The highest BCUT2D eigenvalue weighted by Crippen LogP contribution is 2.04. The molecule has 0 radical (unpaired) electrons. The second-order valence-electron chi connectivity index (χ2n) is 4.72. The Kier molecular flexibility index (Phi) is 5.21. The van der Waals surface area contributed by atoms with Crippen LogP contribution < -0.4 is 5.43 Å². The van der Waals surface area contributed by atoms with Crippen LogP contribution in [0, 0.1) is 5.82 Å². The van der Waals surface area contributed by atoms with Crippen LogP contribution in [-0.4, -0.2) is 11.6 Å². The van der Waals surface area contributed by atoms with Gasteiger partial charge >= 0.3 is 0 Å². The maximum Gasteiger partial charge on any atom is 0.240 e. The SMILES string of the molecule is C/C(=N\NC(=O)CCc1ccccc1)c1ccc(F)cc1. The molecule has 1 amide bonds. The maximum atomic E-state index is 12.8. The molecule has 0 aliphatic heterocycles. The third-order valence-corrected chi connectivity index (χ3v) is 3.09. The van der Waals surface area contributed by atoms with Gasteiger partial charge in [0.05, 0.1) is 5.71 Å². The van der Waals surface area contributed by atoms with Crippen LogP contribution in [0.1, 0.15) is 24.5 Å². The van der Waals surface area contributed by atoms with Gasteiger partial charge < -0.3 is 0 Å². The number of aryl methyl sites for hydroxylation is 1. The van der Waals surface area contributed by atoms with E-state index in [0.29, 0.717) is 18.6 Å². The van der Waals surface area contributed by atoms with Crippen LogP contribution in [0.2, 0.25) is 0 Å². The second-order valence-corrected chi connectivity index (χ2v) is 4.72. The van der Waals surface area contributed by atoms with Gasteiger partial charge in [-0.15, -0.1) is 0 Å². The Hall–Kier alpha value is -2.49. The highest BCUT2D eigenvalue weighted by Gasteiger charge is 2.02.